The minimum Gasteiger partial charge on any atom is -0.424 e. The monoisotopic (exact) mass is 455 g/mol. The fourth-order valence-corrected chi connectivity index (χ4v) is 3.13. The molecule has 4 aromatic rings. The summed E-state index contributed by atoms with van der Waals surface area (Å²) >= 11 is 0. The van der Waals surface area contributed by atoms with Crippen molar-refractivity contribution in [2.24, 2.45) is 0 Å². The number of hydrogen-bond donors (Lipinski definition) is 0. The van der Waals surface area contributed by atoms with Crippen molar-refractivity contribution in [2.75, 3.05) is 6.26 Å². The molecule has 0 fully saturated rings. The summed E-state index contributed by atoms with van der Waals surface area (Å²) in [6.07, 6.45) is 6.67. The molecular formula is C21H13F2N4O4S. The van der Waals surface area contributed by atoms with Gasteiger partial charge < -0.3 is 9.47 Å². The molecule has 0 unspecified atom stereocenters. The van der Waals surface area contributed by atoms with Gasteiger partial charge in [0.05, 0.1) is 10.6 Å². The lowest BCUT2D eigenvalue weighted by molar-refractivity contribution is 0.431. The molecule has 8 nitrogen and oxygen atoms in total. The Hall–Kier alpha value is -3.99. The first kappa shape index (κ1) is 21.2. The number of rotatable bonds is 6. The molecular weight excluding hydrogens is 442 g/mol. The zero-order valence-electron chi connectivity index (χ0n) is 16.4. The van der Waals surface area contributed by atoms with Crippen LogP contribution in [0.15, 0.2) is 65.8 Å². The lowest BCUT2D eigenvalue weighted by Crippen LogP contribution is -1.98. The average Bonchev–Trinajstić information content (AvgIpc) is 2.77. The summed E-state index contributed by atoms with van der Waals surface area (Å²) in [5.41, 5.74) is 0.781. The predicted molar refractivity (Wildman–Crippen MR) is 108 cm³/mol. The topological polar surface area (TPSA) is 104 Å². The van der Waals surface area contributed by atoms with Crippen molar-refractivity contribution in [2.45, 2.75) is 4.90 Å². The van der Waals surface area contributed by atoms with Crippen LogP contribution in [0.1, 0.15) is 0 Å². The van der Waals surface area contributed by atoms with Gasteiger partial charge in [-0.05, 0) is 42.5 Å². The standard InChI is InChI=1S/C21H13F2N4O4S/c1-32(28,29)16-5-2-14(3-6-16)30-20-25-11-13(12-26-20)19-8-9-24-21(27-19)31-15-4-7-17(22)18(23)10-15/h2-11H,1H3. The van der Waals surface area contributed by atoms with Gasteiger partial charge in [0.2, 0.25) is 0 Å². The molecule has 0 N–H and O–H groups in total. The van der Waals surface area contributed by atoms with Crippen LogP contribution in [0.4, 0.5) is 8.78 Å². The number of aromatic nitrogens is 4. The van der Waals surface area contributed by atoms with Gasteiger partial charge in [0, 0.05) is 30.3 Å². The number of nitrogens with zero attached hydrogens (tertiary/aromatic N) is 4. The van der Waals surface area contributed by atoms with E-state index in [1.165, 1.54) is 42.7 Å². The molecule has 2 aromatic heterocycles. The van der Waals surface area contributed by atoms with Crippen LogP contribution in [-0.4, -0.2) is 34.6 Å². The summed E-state index contributed by atoms with van der Waals surface area (Å²) < 4.78 is 60.2. The van der Waals surface area contributed by atoms with Crippen LogP contribution >= 0.6 is 0 Å². The van der Waals surface area contributed by atoms with Gasteiger partial charge in [-0.25, -0.2) is 27.2 Å². The van der Waals surface area contributed by atoms with Gasteiger partial charge in [0.15, 0.2) is 21.5 Å². The van der Waals surface area contributed by atoms with Crippen molar-refractivity contribution in [3.63, 3.8) is 0 Å². The fraction of sp³-hybridized carbons (Fsp3) is 0.0476. The van der Waals surface area contributed by atoms with Crippen molar-refractivity contribution < 1.29 is 26.7 Å². The van der Waals surface area contributed by atoms with Crippen LogP contribution in [0, 0.1) is 17.8 Å². The summed E-state index contributed by atoms with van der Waals surface area (Å²) in [5.74, 6) is -1.66. The van der Waals surface area contributed by atoms with Gasteiger partial charge in [-0.1, -0.05) is 0 Å². The molecule has 0 amide bonds. The molecule has 11 heteroatoms. The van der Waals surface area contributed by atoms with Crippen molar-refractivity contribution in [3.8, 4) is 34.8 Å². The lowest BCUT2D eigenvalue weighted by atomic mass is 10.2. The Kier molecular flexibility index (Phi) is 5.73. The molecule has 2 heterocycles. The van der Waals surface area contributed by atoms with E-state index in [-0.39, 0.29) is 22.7 Å². The summed E-state index contributed by atoms with van der Waals surface area (Å²) in [6.45, 7) is 0. The van der Waals surface area contributed by atoms with Crippen molar-refractivity contribution in [1.82, 2.24) is 19.9 Å². The lowest BCUT2D eigenvalue weighted by Gasteiger charge is -2.07. The minimum atomic E-state index is -3.31. The van der Waals surface area contributed by atoms with Crippen LogP contribution in [0.25, 0.3) is 11.3 Å². The van der Waals surface area contributed by atoms with E-state index in [4.69, 9.17) is 9.47 Å². The van der Waals surface area contributed by atoms with E-state index < -0.39 is 21.5 Å². The molecule has 2 aromatic carbocycles. The van der Waals surface area contributed by atoms with E-state index in [1.807, 2.05) is 0 Å². The SMILES string of the molecule is CS(=O)(=O)c1ccc(Oc2n[c]c(-c3ccnc(Oc4ccc(F)c(F)c4)n3)cn2)cc1. The zero-order valence-corrected chi connectivity index (χ0v) is 17.2. The number of benzene rings is 2. The van der Waals surface area contributed by atoms with Crippen LogP contribution in [0.2, 0.25) is 0 Å². The molecule has 0 atom stereocenters. The average molecular weight is 455 g/mol. The highest BCUT2D eigenvalue weighted by Crippen LogP contribution is 2.24. The van der Waals surface area contributed by atoms with E-state index >= 15 is 0 Å². The predicted octanol–water partition coefficient (Wildman–Crippen LogP) is 4.00. The summed E-state index contributed by atoms with van der Waals surface area (Å²) in [7, 11) is -3.31. The second kappa shape index (κ2) is 8.63. The molecule has 0 aliphatic rings. The Morgan fingerprint density at radius 2 is 1.59 bits per heavy atom. The third kappa shape index (κ3) is 5.01. The minimum absolute atomic E-state index is 0.00632. The largest absolute Gasteiger partial charge is 0.424 e. The van der Waals surface area contributed by atoms with Crippen LogP contribution < -0.4 is 9.47 Å². The Morgan fingerprint density at radius 1 is 0.875 bits per heavy atom. The highest BCUT2D eigenvalue weighted by molar-refractivity contribution is 7.90. The van der Waals surface area contributed by atoms with Crippen LogP contribution in [0.5, 0.6) is 23.5 Å². The Morgan fingerprint density at radius 3 is 2.25 bits per heavy atom. The van der Waals surface area contributed by atoms with E-state index in [9.17, 15) is 17.2 Å². The second-order valence-electron chi connectivity index (χ2n) is 6.43. The summed E-state index contributed by atoms with van der Waals surface area (Å²) in [4.78, 5) is 16.3. The number of halogens is 2. The third-order valence-corrected chi connectivity index (χ3v) is 5.18. The fourth-order valence-electron chi connectivity index (χ4n) is 2.50. The molecule has 32 heavy (non-hydrogen) atoms. The van der Waals surface area contributed by atoms with E-state index in [2.05, 4.69) is 26.1 Å². The number of hydrogen-bond acceptors (Lipinski definition) is 8. The van der Waals surface area contributed by atoms with E-state index in [1.54, 1.807) is 6.07 Å². The molecule has 0 bridgehead atoms. The van der Waals surface area contributed by atoms with Gasteiger partial charge in [0.25, 0.3) is 0 Å². The van der Waals surface area contributed by atoms with Crippen molar-refractivity contribution in [1.29, 1.82) is 0 Å². The quantitative estimate of drug-likeness (QED) is 0.430. The zero-order chi connectivity index (χ0) is 22.7. The normalized spacial score (nSPS) is 11.2. The molecule has 0 saturated heterocycles. The van der Waals surface area contributed by atoms with E-state index in [0.29, 0.717) is 17.0 Å². The molecule has 0 aliphatic heterocycles. The van der Waals surface area contributed by atoms with Crippen molar-refractivity contribution >= 4 is 9.84 Å². The Balaban J connectivity index is 1.48. The first-order chi connectivity index (χ1) is 15.3. The number of ether oxygens (including phenoxy) is 2. The van der Waals surface area contributed by atoms with Crippen molar-refractivity contribution in [3.05, 3.63) is 78.8 Å². The molecule has 4 rings (SSSR count). The summed E-state index contributed by atoms with van der Waals surface area (Å²) in [5, 5.41) is 0. The van der Waals surface area contributed by atoms with Crippen LogP contribution in [-0.2, 0) is 9.84 Å². The second-order valence-corrected chi connectivity index (χ2v) is 8.44. The molecule has 1 radical (unpaired) electrons. The maximum Gasteiger partial charge on any atom is 0.322 e. The highest BCUT2D eigenvalue weighted by atomic mass is 32.2. The molecule has 161 valence electrons. The Bertz CT molecular complexity index is 1370. The molecule has 0 aliphatic carbocycles. The van der Waals surface area contributed by atoms with Gasteiger partial charge in [-0.2, -0.15) is 9.97 Å². The third-order valence-electron chi connectivity index (χ3n) is 4.05. The highest BCUT2D eigenvalue weighted by Gasteiger charge is 2.10. The number of sulfone groups is 1. The van der Waals surface area contributed by atoms with Gasteiger partial charge in [-0.15, -0.1) is 0 Å². The summed E-state index contributed by atoms with van der Waals surface area (Å²) in [6, 6.07) is 10.3. The van der Waals surface area contributed by atoms with Crippen LogP contribution in [0.3, 0.4) is 0 Å². The molecule has 0 saturated carbocycles. The smallest absolute Gasteiger partial charge is 0.322 e. The maximum atomic E-state index is 13.3. The Labute approximate surface area is 181 Å². The maximum absolute atomic E-state index is 13.3. The van der Waals surface area contributed by atoms with Gasteiger partial charge >= 0.3 is 12.0 Å². The molecule has 0 spiro atoms. The van der Waals surface area contributed by atoms with E-state index in [0.717, 1.165) is 18.4 Å². The first-order valence-corrected chi connectivity index (χ1v) is 10.9. The van der Waals surface area contributed by atoms with Gasteiger partial charge in [0.1, 0.15) is 17.7 Å². The first-order valence-electron chi connectivity index (χ1n) is 8.97. The van der Waals surface area contributed by atoms with Gasteiger partial charge in [-0.3, -0.25) is 0 Å².